The molecule has 3 aromatic rings. The molecule has 0 saturated heterocycles. The highest BCUT2D eigenvalue weighted by atomic mass is 79.9. The molecule has 0 fully saturated rings. The Morgan fingerprint density at radius 1 is 1.20 bits per heavy atom. The largest absolute Gasteiger partial charge is 0.358 e. The monoisotopic (exact) mass is 515 g/mol. The van der Waals surface area contributed by atoms with E-state index in [9.17, 15) is 22.4 Å². The molecule has 30 heavy (non-hydrogen) atoms. The minimum atomic E-state index is -4.02. The van der Waals surface area contributed by atoms with Crippen molar-refractivity contribution in [3.05, 3.63) is 74.8 Å². The van der Waals surface area contributed by atoms with Gasteiger partial charge in [0.15, 0.2) is 0 Å². The molecule has 7 nitrogen and oxygen atoms in total. The van der Waals surface area contributed by atoms with Crippen LogP contribution in [-0.4, -0.2) is 31.2 Å². The number of aromatic amines is 1. The van der Waals surface area contributed by atoms with Crippen LogP contribution in [0.4, 0.5) is 4.39 Å². The molecule has 0 bridgehead atoms. The van der Waals surface area contributed by atoms with Crippen molar-refractivity contribution >= 4 is 54.4 Å². The molecule has 1 amide bonds. The van der Waals surface area contributed by atoms with E-state index in [4.69, 9.17) is 11.6 Å². The highest BCUT2D eigenvalue weighted by Crippen LogP contribution is 2.19. The number of pyridine rings is 1. The van der Waals surface area contributed by atoms with Gasteiger partial charge in [-0.25, -0.2) is 17.5 Å². The predicted molar refractivity (Wildman–Crippen MR) is 116 cm³/mol. The van der Waals surface area contributed by atoms with Crippen LogP contribution in [0.25, 0.3) is 10.9 Å². The lowest BCUT2D eigenvalue weighted by Gasteiger charge is -2.09. The van der Waals surface area contributed by atoms with Gasteiger partial charge in [-0.2, -0.15) is 0 Å². The van der Waals surface area contributed by atoms with E-state index in [2.05, 4.69) is 31.0 Å². The quantitative estimate of drug-likeness (QED) is 0.420. The third-order valence-electron chi connectivity index (χ3n) is 4.22. The topological polar surface area (TPSA) is 108 Å². The fraction of sp³-hybridized carbons (Fsp3) is 0.158. The number of carbonyl (C=O) groups is 1. The lowest BCUT2D eigenvalue weighted by molar-refractivity contribution is 0.0949. The normalized spacial score (nSPS) is 11.6. The number of hydrogen-bond acceptors (Lipinski definition) is 4. The standard InChI is InChI=1S/C19H16BrClFN3O4S/c20-5-6-25-30(28,29)13-7-14-17(16(22)8-13)23-10-15(18(14)26)19(27)24-9-11-1-3-12(21)4-2-11/h1-4,7-8,10,25H,5-6,9H2,(H,23,26)(H,24,27). The maximum Gasteiger partial charge on any atom is 0.257 e. The first kappa shape index (κ1) is 22.4. The molecule has 0 atom stereocenters. The van der Waals surface area contributed by atoms with Gasteiger partial charge in [0.2, 0.25) is 15.5 Å². The molecule has 158 valence electrons. The summed E-state index contributed by atoms with van der Waals surface area (Å²) in [5.41, 5.74) is -0.469. The minimum absolute atomic E-state index is 0.0888. The molecule has 0 spiro atoms. The number of sulfonamides is 1. The van der Waals surface area contributed by atoms with Crippen LogP contribution in [0.2, 0.25) is 5.02 Å². The van der Waals surface area contributed by atoms with Crippen LogP contribution in [0.15, 0.2) is 52.3 Å². The number of aromatic nitrogens is 1. The molecule has 0 aliphatic heterocycles. The SMILES string of the molecule is O=C(NCc1ccc(Cl)cc1)c1c[nH]c2c(F)cc(S(=O)(=O)NCCBr)cc2c1=O. The summed E-state index contributed by atoms with van der Waals surface area (Å²) in [5, 5.41) is 3.27. The lowest BCUT2D eigenvalue weighted by atomic mass is 10.1. The molecule has 1 aromatic heterocycles. The van der Waals surface area contributed by atoms with Gasteiger partial charge >= 0.3 is 0 Å². The second kappa shape index (κ2) is 9.25. The van der Waals surface area contributed by atoms with Crippen LogP contribution < -0.4 is 15.5 Å². The van der Waals surface area contributed by atoms with Gasteiger partial charge < -0.3 is 10.3 Å². The Morgan fingerprint density at radius 3 is 2.57 bits per heavy atom. The van der Waals surface area contributed by atoms with Crippen LogP contribution in [0, 0.1) is 5.82 Å². The number of nitrogens with one attached hydrogen (secondary N) is 3. The van der Waals surface area contributed by atoms with E-state index in [1.807, 2.05) is 0 Å². The number of carbonyl (C=O) groups excluding carboxylic acids is 1. The van der Waals surface area contributed by atoms with Gasteiger partial charge in [-0.15, -0.1) is 0 Å². The smallest absolute Gasteiger partial charge is 0.257 e. The highest BCUT2D eigenvalue weighted by Gasteiger charge is 2.20. The average molecular weight is 517 g/mol. The number of fused-ring (bicyclic) bond motifs is 1. The van der Waals surface area contributed by atoms with Crippen molar-refractivity contribution in [3.8, 4) is 0 Å². The Hall–Kier alpha value is -2.27. The Balaban J connectivity index is 1.94. The predicted octanol–water partition coefficient (Wildman–Crippen LogP) is 2.92. The second-order valence-corrected chi connectivity index (χ2v) is 9.25. The summed E-state index contributed by atoms with van der Waals surface area (Å²) in [5.74, 6) is -1.60. The van der Waals surface area contributed by atoms with E-state index in [-0.39, 0.29) is 29.6 Å². The zero-order valence-corrected chi connectivity index (χ0v) is 18.5. The van der Waals surface area contributed by atoms with Gasteiger partial charge in [-0.05, 0) is 29.8 Å². The molecule has 1 heterocycles. The minimum Gasteiger partial charge on any atom is -0.358 e. The molecule has 0 saturated carbocycles. The first-order chi connectivity index (χ1) is 14.2. The molecular weight excluding hydrogens is 501 g/mol. The van der Waals surface area contributed by atoms with Gasteiger partial charge in [-0.1, -0.05) is 39.7 Å². The Kier molecular flexibility index (Phi) is 6.91. The van der Waals surface area contributed by atoms with Gasteiger partial charge in [0.25, 0.3) is 5.91 Å². The maximum absolute atomic E-state index is 14.4. The first-order valence-corrected chi connectivity index (χ1v) is 11.6. The van der Waals surface area contributed by atoms with Crippen LogP contribution in [0.1, 0.15) is 15.9 Å². The van der Waals surface area contributed by atoms with E-state index in [1.54, 1.807) is 24.3 Å². The summed E-state index contributed by atoms with van der Waals surface area (Å²) < 4.78 is 41.3. The number of benzene rings is 2. The van der Waals surface area contributed by atoms with Gasteiger partial charge in [0.05, 0.1) is 15.8 Å². The van der Waals surface area contributed by atoms with E-state index in [0.29, 0.717) is 10.4 Å². The lowest BCUT2D eigenvalue weighted by Crippen LogP contribution is -2.29. The van der Waals surface area contributed by atoms with E-state index >= 15 is 0 Å². The highest BCUT2D eigenvalue weighted by molar-refractivity contribution is 9.09. The van der Waals surface area contributed by atoms with Crippen molar-refractivity contribution in [2.24, 2.45) is 0 Å². The molecule has 3 rings (SSSR count). The molecule has 2 aromatic carbocycles. The van der Waals surface area contributed by atoms with Crippen molar-refractivity contribution in [2.75, 3.05) is 11.9 Å². The van der Waals surface area contributed by atoms with Crippen LogP contribution in [0.3, 0.4) is 0 Å². The van der Waals surface area contributed by atoms with Crippen molar-refractivity contribution in [1.82, 2.24) is 15.0 Å². The molecule has 0 aliphatic carbocycles. The number of amides is 1. The molecule has 3 N–H and O–H groups in total. The number of halogens is 3. The third-order valence-corrected chi connectivity index (χ3v) is 6.31. The number of alkyl halides is 1. The summed E-state index contributed by atoms with van der Waals surface area (Å²) in [6.07, 6.45) is 1.10. The van der Waals surface area contributed by atoms with E-state index in [0.717, 1.165) is 23.9 Å². The van der Waals surface area contributed by atoms with Crippen molar-refractivity contribution in [2.45, 2.75) is 11.4 Å². The number of rotatable bonds is 7. The molecule has 0 unspecified atom stereocenters. The Morgan fingerprint density at radius 2 is 1.90 bits per heavy atom. The van der Waals surface area contributed by atoms with E-state index in [1.165, 1.54) is 0 Å². The molecule has 0 aliphatic rings. The number of hydrogen-bond donors (Lipinski definition) is 3. The van der Waals surface area contributed by atoms with Crippen LogP contribution >= 0.6 is 27.5 Å². The summed E-state index contributed by atoms with van der Waals surface area (Å²) >= 11 is 8.91. The summed E-state index contributed by atoms with van der Waals surface area (Å²) in [6.45, 7) is 0.234. The fourth-order valence-electron chi connectivity index (χ4n) is 2.72. The summed E-state index contributed by atoms with van der Waals surface area (Å²) in [6, 6.07) is 8.64. The average Bonchev–Trinajstić information content (AvgIpc) is 2.72. The summed E-state index contributed by atoms with van der Waals surface area (Å²) in [7, 11) is -4.02. The number of H-pyrrole nitrogens is 1. The molecule has 11 heteroatoms. The van der Waals surface area contributed by atoms with E-state index < -0.39 is 32.1 Å². The first-order valence-electron chi connectivity index (χ1n) is 8.66. The Bertz CT molecular complexity index is 1260. The maximum atomic E-state index is 14.4. The van der Waals surface area contributed by atoms with Gasteiger partial charge in [0, 0.05) is 29.6 Å². The summed E-state index contributed by atoms with van der Waals surface area (Å²) in [4.78, 5) is 27.4. The van der Waals surface area contributed by atoms with Crippen molar-refractivity contribution in [1.29, 1.82) is 0 Å². The zero-order valence-electron chi connectivity index (χ0n) is 15.3. The van der Waals surface area contributed by atoms with Crippen LogP contribution in [0.5, 0.6) is 0 Å². The van der Waals surface area contributed by atoms with Crippen molar-refractivity contribution < 1.29 is 17.6 Å². The Labute approximate surface area is 184 Å². The fourth-order valence-corrected chi connectivity index (χ4v) is 4.38. The molecule has 0 radical (unpaired) electrons. The van der Waals surface area contributed by atoms with Gasteiger partial charge in [-0.3, -0.25) is 9.59 Å². The van der Waals surface area contributed by atoms with Crippen molar-refractivity contribution in [3.63, 3.8) is 0 Å². The van der Waals surface area contributed by atoms with Gasteiger partial charge in [0.1, 0.15) is 11.4 Å². The molecular formula is C19H16BrClFN3O4S. The zero-order chi connectivity index (χ0) is 21.9. The third kappa shape index (κ3) is 4.89. The van der Waals surface area contributed by atoms with Crippen LogP contribution in [-0.2, 0) is 16.6 Å². The second-order valence-electron chi connectivity index (χ2n) is 6.26.